The first kappa shape index (κ1) is 28.0. The van der Waals surface area contributed by atoms with Crippen LogP contribution < -0.4 is 10.1 Å². The van der Waals surface area contributed by atoms with E-state index in [-0.39, 0.29) is 36.8 Å². The summed E-state index contributed by atoms with van der Waals surface area (Å²) in [6.45, 7) is 3.82. The Morgan fingerprint density at radius 2 is 1.85 bits per heavy atom. The van der Waals surface area contributed by atoms with Crippen molar-refractivity contribution in [3.63, 3.8) is 0 Å². The minimum Gasteiger partial charge on any atom is -0.497 e. The third-order valence-corrected chi connectivity index (χ3v) is 8.51. The van der Waals surface area contributed by atoms with Crippen LogP contribution in [-0.2, 0) is 17.4 Å². The zero-order valence-electron chi connectivity index (χ0n) is 22.3. The lowest BCUT2D eigenvalue weighted by Crippen LogP contribution is -2.58. The van der Waals surface area contributed by atoms with E-state index < -0.39 is 17.8 Å². The minimum atomic E-state index is -4.49. The second-order valence-electron chi connectivity index (χ2n) is 10.1. The van der Waals surface area contributed by atoms with Crippen LogP contribution in [0.5, 0.6) is 5.75 Å². The predicted molar refractivity (Wildman–Crippen MR) is 148 cm³/mol. The van der Waals surface area contributed by atoms with Crippen molar-refractivity contribution in [2.45, 2.75) is 31.6 Å². The summed E-state index contributed by atoms with van der Waals surface area (Å²) in [5.41, 5.74) is 1.57. The van der Waals surface area contributed by atoms with Crippen LogP contribution in [0, 0.1) is 0 Å². The molecule has 11 heteroatoms. The number of ether oxygens (including phenoxy) is 1. The van der Waals surface area contributed by atoms with E-state index in [0.717, 1.165) is 36.4 Å². The number of hydrogen-bond acceptors (Lipinski definition) is 5. The molecule has 1 fully saturated rings. The number of carbonyl (C=O) groups is 2. The molecule has 3 heterocycles. The van der Waals surface area contributed by atoms with Gasteiger partial charge in [0.05, 0.1) is 25.3 Å². The maximum Gasteiger partial charge on any atom is 0.416 e. The number of methoxy groups -OCH3 is 1. The highest BCUT2D eigenvalue weighted by Crippen LogP contribution is 2.38. The number of hydrogen-bond donors (Lipinski definition) is 1. The Labute approximate surface area is 235 Å². The molecular formula is C29H31F3N4O3S. The molecule has 0 spiro atoms. The molecule has 1 saturated heterocycles. The van der Waals surface area contributed by atoms with E-state index in [1.807, 2.05) is 31.2 Å². The number of halogens is 3. The summed E-state index contributed by atoms with van der Waals surface area (Å²) in [5, 5.41) is 4.67. The molecule has 212 valence electrons. The van der Waals surface area contributed by atoms with Gasteiger partial charge in [0.1, 0.15) is 5.75 Å². The fourth-order valence-corrected chi connectivity index (χ4v) is 6.35. The normalized spacial score (nSPS) is 19.7. The number of anilines is 1. The molecule has 3 aromatic rings. The number of thiophene rings is 1. The largest absolute Gasteiger partial charge is 0.497 e. The Morgan fingerprint density at radius 1 is 1.07 bits per heavy atom. The molecule has 2 aliphatic rings. The zero-order chi connectivity index (χ0) is 28.4. The number of urea groups is 1. The van der Waals surface area contributed by atoms with Crippen LogP contribution in [0.15, 0.2) is 60.0 Å². The van der Waals surface area contributed by atoms with Gasteiger partial charge in [-0.1, -0.05) is 18.2 Å². The second kappa shape index (κ2) is 11.5. The maximum absolute atomic E-state index is 13.5. The predicted octanol–water partition coefficient (Wildman–Crippen LogP) is 5.49. The van der Waals surface area contributed by atoms with E-state index in [1.54, 1.807) is 28.2 Å². The first-order valence-electron chi connectivity index (χ1n) is 13.1. The van der Waals surface area contributed by atoms with Gasteiger partial charge in [0.15, 0.2) is 0 Å². The average Bonchev–Trinajstić information content (AvgIpc) is 3.41. The van der Waals surface area contributed by atoms with E-state index >= 15 is 0 Å². The van der Waals surface area contributed by atoms with Crippen molar-refractivity contribution in [1.29, 1.82) is 0 Å². The SMILES string of the molecule is COc1ccc([C@H]2c3ccsc3CCN2CC(=O)N2CCN(C(=O)Nc3cccc(C(F)(F)F)c3)[C@@H](C)C2)cc1. The van der Waals surface area contributed by atoms with Gasteiger partial charge in [-0.25, -0.2) is 4.79 Å². The van der Waals surface area contributed by atoms with Gasteiger partial charge >= 0.3 is 12.2 Å². The molecule has 40 heavy (non-hydrogen) atoms. The second-order valence-corrected chi connectivity index (χ2v) is 11.1. The third kappa shape index (κ3) is 5.95. The summed E-state index contributed by atoms with van der Waals surface area (Å²) in [7, 11) is 1.63. The lowest BCUT2D eigenvalue weighted by atomic mass is 9.93. The standard InChI is InChI=1S/C29H31F3N4O3S/c1-19-17-34(13-14-36(19)28(38)33-22-5-3-4-21(16-22)29(30,31)32)26(37)18-35-12-10-25-24(11-15-40-25)27(35)20-6-8-23(39-2)9-7-20/h3-9,11,15-16,19,27H,10,12-14,17-18H2,1-2H3,(H,33,38)/t19-,27-/m0/s1. The van der Waals surface area contributed by atoms with Gasteiger partial charge in [-0.2, -0.15) is 13.2 Å². The first-order valence-corrected chi connectivity index (χ1v) is 14.0. The Morgan fingerprint density at radius 3 is 2.55 bits per heavy atom. The lowest BCUT2D eigenvalue weighted by Gasteiger charge is -2.41. The molecule has 0 aliphatic carbocycles. The molecule has 7 nitrogen and oxygen atoms in total. The quantitative estimate of drug-likeness (QED) is 0.440. The number of carbonyl (C=O) groups excluding carboxylic acids is 2. The van der Waals surface area contributed by atoms with Gasteiger partial charge < -0.3 is 19.9 Å². The van der Waals surface area contributed by atoms with Gasteiger partial charge in [-0.3, -0.25) is 9.69 Å². The number of nitrogens with one attached hydrogen (secondary N) is 1. The van der Waals surface area contributed by atoms with Crippen molar-refractivity contribution < 1.29 is 27.5 Å². The average molecular weight is 573 g/mol. The Balaban J connectivity index is 1.23. The van der Waals surface area contributed by atoms with Crippen LogP contribution in [0.3, 0.4) is 0 Å². The Kier molecular flexibility index (Phi) is 8.04. The van der Waals surface area contributed by atoms with Crippen molar-refractivity contribution in [2.75, 3.05) is 45.2 Å². The summed E-state index contributed by atoms with van der Waals surface area (Å²) in [4.78, 5) is 33.2. The fraction of sp³-hybridized carbons (Fsp3) is 0.379. The molecule has 2 atom stereocenters. The minimum absolute atomic E-state index is 0.0121. The highest BCUT2D eigenvalue weighted by Gasteiger charge is 2.35. The van der Waals surface area contributed by atoms with E-state index in [2.05, 4.69) is 21.7 Å². The molecule has 1 N–H and O–H groups in total. The summed E-state index contributed by atoms with van der Waals surface area (Å²) in [6.07, 6.45) is -3.61. The number of rotatable bonds is 5. The Bertz CT molecular complexity index is 1360. The number of fused-ring (bicyclic) bond motifs is 1. The lowest BCUT2D eigenvalue weighted by molar-refractivity contribution is -0.137. The van der Waals surface area contributed by atoms with E-state index in [4.69, 9.17) is 4.74 Å². The maximum atomic E-state index is 13.5. The molecule has 2 aliphatic heterocycles. The number of amides is 3. The zero-order valence-corrected chi connectivity index (χ0v) is 23.1. The third-order valence-electron chi connectivity index (χ3n) is 7.52. The van der Waals surface area contributed by atoms with Crippen LogP contribution in [0.2, 0.25) is 0 Å². The van der Waals surface area contributed by atoms with Gasteiger partial charge in [0.2, 0.25) is 5.91 Å². The number of nitrogens with zero attached hydrogens (tertiary/aromatic N) is 3. The highest BCUT2D eigenvalue weighted by atomic mass is 32.1. The molecule has 0 radical (unpaired) electrons. The van der Waals surface area contributed by atoms with Crippen LogP contribution in [0.1, 0.15) is 34.5 Å². The fourth-order valence-electron chi connectivity index (χ4n) is 5.44. The molecule has 0 unspecified atom stereocenters. The summed E-state index contributed by atoms with van der Waals surface area (Å²) < 4.78 is 44.5. The van der Waals surface area contributed by atoms with Crippen LogP contribution >= 0.6 is 11.3 Å². The van der Waals surface area contributed by atoms with E-state index in [0.29, 0.717) is 13.1 Å². The molecule has 1 aromatic heterocycles. The highest BCUT2D eigenvalue weighted by molar-refractivity contribution is 7.10. The van der Waals surface area contributed by atoms with Crippen molar-refractivity contribution in [3.8, 4) is 5.75 Å². The van der Waals surface area contributed by atoms with Crippen LogP contribution in [-0.4, -0.2) is 72.5 Å². The smallest absolute Gasteiger partial charge is 0.416 e. The van der Waals surface area contributed by atoms with Gasteiger partial charge in [-0.05, 0) is 66.2 Å². The molecule has 0 bridgehead atoms. The first-order chi connectivity index (χ1) is 19.1. The van der Waals surface area contributed by atoms with Gasteiger partial charge in [-0.15, -0.1) is 11.3 Å². The molecular weight excluding hydrogens is 541 g/mol. The van der Waals surface area contributed by atoms with Crippen molar-refractivity contribution in [3.05, 3.63) is 81.5 Å². The van der Waals surface area contributed by atoms with E-state index in [9.17, 15) is 22.8 Å². The van der Waals surface area contributed by atoms with Gasteiger partial charge in [0.25, 0.3) is 0 Å². The van der Waals surface area contributed by atoms with Crippen molar-refractivity contribution >= 4 is 29.0 Å². The summed E-state index contributed by atoms with van der Waals surface area (Å²) in [5.74, 6) is 0.763. The Hall–Kier alpha value is -3.57. The molecule has 2 aromatic carbocycles. The van der Waals surface area contributed by atoms with Crippen LogP contribution in [0.4, 0.5) is 23.7 Å². The number of piperazine rings is 1. The summed E-state index contributed by atoms with van der Waals surface area (Å²) >= 11 is 1.74. The topological polar surface area (TPSA) is 65.1 Å². The summed E-state index contributed by atoms with van der Waals surface area (Å²) in [6, 6.07) is 13.8. The van der Waals surface area contributed by atoms with Gasteiger partial charge in [0, 0.05) is 42.8 Å². The molecule has 5 rings (SSSR count). The van der Waals surface area contributed by atoms with E-state index in [1.165, 1.54) is 22.6 Å². The van der Waals surface area contributed by atoms with Crippen molar-refractivity contribution in [2.24, 2.45) is 0 Å². The van der Waals surface area contributed by atoms with Crippen LogP contribution in [0.25, 0.3) is 0 Å². The molecule has 0 saturated carbocycles. The monoisotopic (exact) mass is 572 g/mol. The number of alkyl halides is 3. The molecule has 3 amide bonds. The number of benzene rings is 2. The van der Waals surface area contributed by atoms with Crippen molar-refractivity contribution in [1.82, 2.24) is 14.7 Å².